The van der Waals surface area contributed by atoms with Crippen molar-refractivity contribution in [2.45, 2.75) is 16.4 Å². The van der Waals surface area contributed by atoms with Crippen LogP contribution in [-0.4, -0.2) is 20.7 Å². The third kappa shape index (κ3) is 5.05. The zero-order valence-corrected chi connectivity index (χ0v) is 16.9. The topological polar surface area (TPSA) is 156 Å². The van der Waals surface area contributed by atoms with Crippen LogP contribution >= 0.6 is 11.8 Å². The molecular formula is C20H13N3O8S. The fourth-order valence-corrected chi connectivity index (χ4v) is 3.74. The Hall–Kier alpha value is -4.32. The first kappa shape index (κ1) is 22.4. The molecule has 32 heavy (non-hydrogen) atoms. The van der Waals surface area contributed by atoms with Crippen LogP contribution in [0.25, 0.3) is 0 Å². The Morgan fingerprint density at radius 1 is 0.781 bits per heavy atom. The van der Waals surface area contributed by atoms with E-state index in [2.05, 4.69) is 0 Å². The Balaban J connectivity index is 1.85. The molecule has 0 saturated heterocycles. The second-order valence-electron chi connectivity index (χ2n) is 6.23. The number of carbonyl (C=O) groups is 1. The van der Waals surface area contributed by atoms with Crippen LogP contribution in [-0.2, 0) is 11.3 Å². The number of rotatable bonds is 8. The van der Waals surface area contributed by atoms with E-state index in [1.165, 1.54) is 36.4 Å². The minimum atomic E-state index is -0.782. The van der Waals surface area contributed by atoms with Gasteiger partial charge in [-0.05, 0) is 24.3 Å². The van der Waals surface area contributed by atoms with E-state index in [-0.39, 0.29) is 28.3 Å². The molecule has 3 aromatic rings. The van der Waals surface area contributed by atoms with Gasteiger partial charge in [-0.25, -0.2) is 4.79 Å². The Kier molecular flexibility index (Phi) is 6.75. The molecule has 12 heteroatoms. The van der Waals surface area contributed by atoms with Crippen LogP contribution in [0.3, 0.4) is 0 Å². The highest BCUT2D eigenvalue weighted by atomic mass is 32.2. The van der Waals surface area contributed by atoms with Gasteiger partial charge < -0.3 is 4.74 Å². The van der Waals surface area contributed by atoms with Gasteiger partial charge in [0.05, 0.1) is 36.9 Å². The van der Waals surface area contributed by atoms with Crippen molar-refractivity contribution in [2.24, 2.45) is 0 Å². The molecule has 0 aliphatic rings. The summed E-state index contributed by atoms with van der Waals surface area (Å²) in [6, 6.07) is 15.2. The summed E-state index contributed by atoms with van der Waals surface area (Å²) in [5, 5.41) is 33.4. The number of nitrogens with zero attached hydrogens (tertiary/aromatic N) is 3. The van der Waals surface area contributed by atoms with Gasteiger partial charge in [0.15, 0.2) is 0 Å². The molecule has 0 N–H and O–H groups in total. The number of nitro benzene ring substituents is 3. The lowest BCUT2D eigenvalue weighted by atomic mass is 10.2. The number of hydrogen-bond donors (Lipinski definition) is 0. The van der Waals surface area contributed by atoms with E-state index in [0.29, 0.717) is 4.90 Å². The Morgan fingerprint density at radius 3 is 2.12 bits per heavy atom. The van der Waals surface area contributed by atoms with E-state index >= 15 is 0 Å². The summed E-state index contributed by atoms with van der Waals surface area (Å²) in [5.74, 6) is -0.782. The highest BCUT2D eigenvalue weighted by Crippen LogP contribution is 2.38. The monoisotopic (exact) mass is 455 g/mol. The van der Waals surface area contributed by atoms with Crippen molar-refractivity contribution in [3.63, 3.8) is 0 Å². The molecule has 0 amide bonds. The minimum absolute atomic E-state index is 0.0868. The molecule has 0 saturated carbocycles. The van der Waals surface area contributed by atoms with Crippen molar-refractivity contribution >= 4 is 34.8 Å². The molecular weight excluding hydrogens is 442 g/mol. The third-order valence-electron chi connectivity index (χ3n) is 4.22. The maximum Gasteiger partial charge on any atom is 0.339 e. The lowest BCUT2D eigenvalue weighted by Gasteiger charge is -2.10. The zero-order chi connectivity index (χ0) is 23.3. The highest BCUT2D eigenvalue weighted by Gasteiger charge is 2.23. The van der Waals surface area contributed by atoms with Crippen LogP contribution in [0.1, 0.15) is 15.9 Å². The van der Waals surface area contributed by atoms with Crippen molar-refractivity contribution in [1.82, 2.24) is 0 Å². The van der Waals surface area contributed by atoms with Crippen molar-refractivity contribution in [3.05, 3.63) is 108 Å². The van der Waals surface area contributed by atoms with Crippen LogP contribution < -0.4 is 0 Å². The molecule has 3 aromatic carbocycles. The smallest absolute Gasteiger partial charge is 0.339 e. The lowest BCUT2D eigenvalue weighted by molar-refractivity contribution is -0.396. The first-order chi connectivity index (χ1) is 15.3. The van der Waals surface area contributed by atoms with Crippen molar-refractivity contribution < 1.29 is 24.3 Å². The number of para-hydroxylation sites is 1. The first-order valence-corrected chi connectivity index (χ1v) is 9.68. The number of carbonyl (C=O) groups excluding carboxylic acids is 1. The lowest BCUT2D eigenvalue weighted by Crippen LogP contribution is -2.08. The highest BCUT2D eigenvalue weighted by molar-refractivity contribution is 7.99. The van der Waals surface area contributed by atoms with Crippen LogP contribution in [0.4, 0.5) is 17.1 Å². The maximum atomic E-state index is 12.6. The van der Waals surface area contributed by atoms with E-state index in [0.717, 1.165) is 23.9 Å². The molecule has 0 aliphatic carbocycles. The maximum absolute atomic E-state index is 12.6. The normalized spacial score (nSPS) is 10.4. The summed E-state index contributed by atoms with van der Waals surface area (Å²) in [4.78, 5) is 44.4. The van der Waals surface area contributed by atoms with E-state index < -0.39 is 32.1 Å². The van der Waals surface area contributed by atoms with Crippen molar-refractivity contribution in [1.29, 1.82) is 0 Å². The van der Waals surface area contributed by atoms with Crippen LogP contribution in [0.15, 0.2) is 76.5 Å². The van der Waals surface area contributed by atoms with Gasteiger partial charge in [0, 0.05) is 17.0 Å². The zero-order valence-electron chi connectivity index (χ0n) is 16.1. The predicted octanol–water partition coefficient (Wildman–Crippen LogP) is 4.92. The van der Waals surface area contributed by atoms with Gasteiger partial charge in [0.1, 0.15) is 6.61 Å². The number of benzene rings is 3. The molecule has 0 spiro atoms. The van der Waals surface area contributed by atoms with Gasteiger partial charge in [-0.15, -0.1) is 0 Å². The summed E-state index contributed by atoms with van der Waals surface area (Å²) in [5.41, 5.74) is -0.805. The average molecular weight is 455 g/mol. The number of nitro groups is 3. The fraction of sp³-hybridized carbons (Fsp3) is 0.0500. The van der Waals surface area contributed by atoms with E-state index in [1.807, 2.05) is 0 Å². The van der Waals surface area contributed by atoms with Crippen molar-refractivity contribution in [2.75, 3.05) is 0 Å². The molecule has 0 atom stereocenters. The SMILES string of the molecule is O=C(OCc1ccccc1[N+](=O)[O-])c1ccccc1Sc1ccc([N+](=O)[O-])cc1[N+](=O)[O-]. The van der Waals surface area contributed by atoms with Gasteiger partial charge in [-0.3, -0.25) is 30.3 Å². The number of hydrogen-bond acceptors (Lipinski definition) is 9. The molecule has 11 nitrogen and oxygen atoms in total. The number of esters is 1. The van der Waals surface area contributed by atoms with E-state index in [4.69, 9.17) is 4.74 Å². The second-order valence-corrected chi connectivity index (χ2v) is 7.31. The minimum Gasteiger partial charge on any atom is -0.457 e. The Morgan fingerprint density at radius 2 is 1.44 bits per heavy atom. The quantitative estimate of drug-likeness (QED) is 0.261. The van der Waals surface area contributed by atoms with Gasteiger partial charge in [-0.1, -0.05) is 36.0 Å². The van der Waals surface area contributed by atoms with Gasteiger partial charge in [-0.2, -0.15) is 0 Å². The summed E-state index contributed by atoms with van der Waals surface area (Å²) < 4.78 is 5.23. The molecule has 162 valence electrons. The number of non-ortho nitro benzene ring substituents is 1. The average Bonchev–Trinajstić information content (AvgIpc) is 2.78. The van der Waals surface area contributed by atoms with Crippen molar-refractivity contribution in [3.8, 4) is 0 Å². The number of ether oxygens (including phenoxy) is 1. The fourth-order valence-electron chi connectivity index (χ4n) is 2.72. The van der Waals surface area contributed by atoms with Crippen LogP contribution in [0, 0.1) is 30.3 Å². The molecule has 3 rings (SSSR count). The van der Waals surface area contributed by atoms with Gasteiger partial charge >= 0.3 is 5.97 Å². The van der Waals surface area contributed by atoms with Crippen LogP contribution in [0.5, 0.6) is 0 Å². The Labute approximate surface area is 184 Å². The van der Waals surface area contributed by atoms with Crippen LogP contribution in [0.2, 0.25) is 0 Å². The molecule has 0 bridgehead atoms. The second kappa shape index (κ2) is 9.66. The third-order valence-corrected chi connectivity index (χ3v) is 5.37. The summed E-state index contributed by atoms with van der Waals surface area (Å²) in [7, 11) is 0. The molecule has 0 aromatic heterocycles. The summed E-state index contributed by atoms with van der Waals surface area (Å²) in [6.45, 7) is -0.341. The van der Waals surface area contributed by atoms with Gasteiger partial charge in [0.2, 0.25) is 0 Å². The van der Waals surface area contributed by atoms with E-state index in [9.17, 15) is 35.1 Å². The molecule has 0 radical (unpaired) electrons. The molecule has 0 heterocycles. The molecule has 0 fully saturated rings. The largest absolute Gasteiger partial charge is 0.457 e. The van der Waals surface area contributed by atoms with E-state index in [1.54, 1.807) is 18.2 Å². The Bertz CT molecular complexity index is 1230. The molecule has 0 unspecified atom stereocenters. The van der Waals surface area contributed by atoms with Gasteiger partial charge in [0.25, 0.3) is 17.1 Å². The summed E-state index contributed by atoms with van der Waals surface area (Å²) >= 11 is 0.874. The predicted molar refractivity (Wildman–Crippen MR) is 113 cm³/mol. The molecule has 0 aliphatic heterocycles. The summed E-state index contributed by atoms with van der Waals surface area (Å²) in [6.07, 6.45) is 0. The standard InChI is InChI=1S/C20H13N3O8S/c24-20(31-12-13-5-1-3-7-16(13)22(27)28)15-6-2-4-8-18(15)32-19-10-9-14(21(25)26)11-17(19)23(29)30/h1-11H,12H2. The first-order valence-electron chi connectivity index (χ1n) is 8.87.